The number of nitrogens with one attached hydrogen (secondary N) is 2. The molecule has 1 unspecified atom stereocenters. The number of carbonyl (C=O) groups is 3. The maximum Gasteiger partial charge on any atom is 0.328 e. The summed E-state index contributed by atoms with van der Waals surface area (Å²) in [6.45, 7) is 0. The quantitative estimate of drug-likeness (QED) is 0.201. The number of aliphatic carboxylic acids is 1. The number of hydrogen-bond donors (Lipinski definition) is 3. The molecule has 4 aromatic rings. The van der Waals surface area contributed by atoms with E-state index in [2.05, 4.69) is 15.6 Å². The maximum absolute atomic E-state index is 13.4. The minimum atomic E-state index is -1.21. The van der Waals surface area contributed by atoms with E-state index in [1.54, 1.807) is 25.3 Å². The van der Waals surface area contributed by atoms with Gasteiger partial charge in [-0.05, 0) is 42.0 Å². The summed E-state index contributed by atoms with van der Waals surface area (Å²) in [5.41, 5.74) is 2.05. The first-order chi connectivity index (χ1) is 17.4. The van der Waals surface area contributed by atoms with Crippen LogP contribution < -0.4 is 15.4 Å². The number of carboxylic acid groups (broad SMARTS) is 1. The van der Waals surface area contributed by atoms with Gasteiger partial charge in [-0.3, -0.25) is 9.59 Å². The third-order valence-electron chi connectivity index (χ3n) is 4.90. The number of anilines is 2. The Balaban J connectivity index is 1.55. The van der Waals surface area contributed by atoms with Gasteiger partial charge in [0, 0.05) is 22.7 Å². The lowest BCUT2D eigenvalue weighted by atomic mass is 10.1. The van der Waals surface area contributed by atoms with Crippen molar-refractivity contribution < 1.29 is 24.2 Å². The molecule has 2 amide bonds. The Labute approximate surface area is 215 Å². The van der Waals surface area contributed by atoms with Gasteiger partial charge in [0.15, 0.2) is 5.13 Å². The molecule has 0 aliphatic carbocycles. The van der Waals surface area contributed by atoms with Crippen molar-refractivity contribution in [3.05, 3.63) is 90.5 Å². The maximum atomic E-state index is 13.4. The summed E-state index contributed by atoms with van der Waals surface area (Å²) in [6, 6.07) is 21.9. The molecule has 3 aromatic carbocycles. The molecule has 1 atom stereocenters. The Hall–Kier alpha value is -4.15. The summed E-state index contributed by atoms with van der Waals surface area (Å²) in [5.74, 6) is -1.30. The Morgan fingerprint density at radius 1 is 1.00 bits per heavy atom. The molecule has 0 aliphatic heterocycles. The molecule has 0 spiro atoms. The van der Waals surface area contributed by atoms with Crippen LogP contribution >= 0.6 is 23.1 Å². The van der Waals surface area contributed by atoms with Gasteiger partial charge < -0.3 is 20.5 Å². The zero-order valence-corrected chi connectivity index (χ0v) is 20.6. The third-order valence-corrected chi connectivity index (χ3v) is 7.08. The van der Waals surface area contributed by atoms with Crippen molar-refractivity contribution in [1.29, 1.82) is 0 Å². The van der Waals surface area contributed by atoms with Gasteiger partial charge in [-0.1, -0.05) is 47.7 Å². The van der Waals surface area contributed by atoms with Crippen LogP contribution in [0, 0.1) is 0 Å². The molecule has 1 aromatic heterocycles. The van der Waals surface area contributed by atoms with Crippen LogP contribution in [0.1, 0.15) is 10.8 Å². The molecular weight excluding hydrogens is 498 g/mol. The average molecular weight is 520 g/mol. The number of nitrogens with zero attached hydrogens (tertiary/aromatic N) is 1. The Kier molecular flexibility index (Phi) is 7.99. The highest BCUT2D eigenvalue weighted by Crippen LogP contribution is 2.38. The number of ether oxygens (including phenoxy) is 1. The summed E-state index contributed by atoms with van der Waals surface area (Å²) in [5, 5.41) is 14.1. The number of carbonyl (C=O) groups excluding carboxylic acids is 2. The van der Waals surface area contributed by atoms with Crippen molar-refractivity contribution in [3.8, 4) is 5.75 Å². The lowest BCUT2D eigenvalue weighted by Gasteiger charge is -2.16. The molecule has 0 saturated heterocycles. The molecule has 182 valence electrons. The van der Waals surface area contributed by atoms with Crippen molar-refractivity contribution >= 4 is 61.9 Å². The number of carboxylic acids is 1. The van der Waals surface area contributed by atoms with Crippen molar-refractivity contribution in [3.63, 3.8) is 0 Å². The first-order valence-corrected chi connectivity index (χ1v) is 12.4. The Morgan fingerprint density at radius 3 is 2.56 bits per heavy atom. The second-order valence-corrected chi connectivity index (χ2v) is 9.65. The standard InChI is InChI=1S/C26H21N3O5S2/c1-34-18-10-11-20-21(15-18)36-26(28-20)29-25(33)24(16-6-3-2-4-7-16)35-19-9-5-8-17(14-19)27-22(30)12-13-23(31)32/h2-15,24H,1H3,(H,27,30)(H,31,32)(H,28,29,33)/b13-12+. The monoisotopic (exact) mass is 519 g/mol. The third kappa shape index (κ3) is 6.49. The number of methoxy groups -OCH3 is 1. The Bertz CT molecular complexity index is 1440. The zero-order chi connectivity index (χ0) is 25.5. The SMILES string of the molecule is COc1ccc2nc(NC(=O)C(Sc3cccc(NC(=O)/C=C/C(=O)O)c3)c3ccccc3)sc2c1. The molecule has 0 saturated carbocycles. The summed E-state index contributed by atoms with van der Waals surface area (Å²) in [4.78, 5) is 41.2. The van der Waals surface area contributed by atoms with Crippen LogP contribution in [0.5, 0.6) is 5.75 Å². The van der Waals surface area contributed by atoms with Crippen LogP contribution in [-0.4, -0.2) is 35.0 Å². The minimum absolute atomic E-state index is 0.240. The highest BCUT2D eigenvalue weighted by molar-refractivity contribution is 8.00. The van der Waals surface area contributed by atoms with E-state index in [0.29, 0.717) is 16.6 Å². The van der Waals surface area contributed by atoms with E-state index in [1.165, 1.54) is 23.1 Å². The number of thioether (sulfide) groups is 1. The smallest absolute Gasteiger partial charge is 0.328 e. The lowest BCUT2D eigenvalue weighted by Crippen LogP contribution is -2.19. The van der Waals surface area contributed by atoms with Crippen LogP contribution in [0.2, 0.25) is 0 Å². The van der Waals surface area contributed by atoms with E-state index in [0.717, 1.165) is 32.8 Å². The molecule has 0 bridgehead atoms. The number of thiazole rings is 1. The number of fused-ring (bicyclic) bond motifs is 1. The molecule has 8 nitrogen and oxygen atoms in total. The Morgan fingerprint density at radius 2 is 1.81 bits per heavy atom. The number of hydrogen-bond acceptors (Lipinski definition) is 7. The molecule has 1 heterocycles. The highest BCUT2D eigenvalue weighted by Gasteiger charge is 2.23. The fraction of sp³-hybridized carbons (Fsp3) is 0.0769. The van der Waals surface area contributed by atoms with Gasteiger partial charge >= 0.3 is 5.97 Å². The molecule has 4 rings (SSSR count). The topological polar surface area (TPSA) is 118 Å². The predicted octanol–water partition coefficient (Wildman–Crippen LogP) is 5.36. The summed E-state index contributed by atoms with van der Waals surface area (Å²) in [7, 11) is 1.60. The molecule has 0 radical (unpaired) electrons. The van der Waals surface area contributed by atoms with Crippen molar-refractivity contribution in [2.75, 3.05) is 17.7 Å². The van der Waals surface area contributed by atoms with Gasteiger partial charge in [0.05, 0.1) is 17.3 Å². The van der Waals surface area contributed by atoms with Gasteiger partial charge in [0.25, 0.3) is 0 Å². The van der Waals surface area contributed by atoms with Gasteiger partial charge in [-0.25, -0.2) is 9.78 Å². The van der Waals surface area contributed by atoms with Gasteiger partial charge in [0.2, 0.25) is 11.8 Å². The summed E-state index contributed by atoms with van der Waals surface area (Å²) < 4.78 is 6.16. The largest absolute Gasteiger partial charge is 0.497 e. The van der Waals surface area contributed by atoms with Crippen LogP contribution in [0.25, 0.3) is 10.2 Å². The van der Waals surface area contributed by atoms with Crippen molar-refractivity contribution in [2.45, 2.75) is 10.1 Å². The van der Waals surface area contributed by atoms with Crippen molar-refractivity contribution in [2.24, 2.45) is 0 Å². The number of amides is 2. The molecule has 0 fully saturated rings. The molecule has 3 N–H and O–H groups in total. The van der Waals surface area contributed by atoms with Gasteiger partial charge in [-0.15, -0.1) is 11.8 Å². The molecule has 0 aliphatic rings. The zero-order valence-electron chi connectivity index (χ0n) is 19.0. The van der Waals surface area contributed by atoms with E-state index >= 15 is 0 Å². The highest BCUT2D eigenvalue weighted by atomic mass is 32.2. The number of aromatic nitrogens is 1. The number of rotatable bonds is 9. The second-order valence-electron chi connectivity index (χ2n) is 7.44. The molecular formula is C26H21N3O5S2. The normalized spacial score (nSPS) is 11.8. The first kappa shape index (κ1) is 25.0. The van der Waals surface area contributed by atoms with Gasteiger partial charge in [-0.2, -0.15) is 0 Å². The van der Waals surface area contributed by atoms with E-state index in [-0.39, 0.29) is 5.91 Å². The van der Waals surface area contributed by atoms with E-state index in [4.69, 9.17) is 9.84 Å². The van der Waals surface area contributed by atoms with Crippen LogP contribution in [0.4, 0.5) is 10.8 Å². The minimum Gasteiger partial charge on any atom is -0.497 e. The van der Waals surface area contributed by atoms with Crippen molar-refractivity contribution in [1.82, 2.24) is 4.98 Å². The lowest BCUT2D eigenvalue weighted by molar-refractivity contribution is -0.131. The van der Waals surface area contributed by atoms with Gasteiger partial charge in [0.1, 0.15) is 11.0 Å². The average Bonchev–Trinajstić information content (AvgIpc) is 3.28. The van der Waals surface area contributed by atoms with Crippen LogP contribution in [0.15, 0.2) is 89.8 Å². The fourth-order valence-electron chi connectivity index (χ4n) is 3.27. The van der Waals surface area contributed by atoms with E-state index < -0.39 is 17.1 Å². The number of benzene rings is 3. The predicted molar refractivity (Wildman–Crippen MR) is 142 cm³/mol. The van der Waals surface area contributed by atoms with Crippen LogP contribution in [-0.2, 0) is 14.4 Å². The summed E-state index contributed by atoms with van der Waals surface area (Å²) >= 11 is 2.68. The second kappa shape index (κ2) is 11.5. The van der Waals surface area contributed by atoms with E-state index in [1.807, 2.05) is 54.6 Å². The van der Waals surface area contributed by atoms with Crippen LogP contribution in [0.3, 0.4) is 0 Å². The first-order valence-electron chi connectivity index (χ1n) is 10.7. The molecule has 10 heteroatoms. The molecule has 36 heavy (non-hydrogen) atoms. The fourth-order valence-corrected chi connectivity index (χ4v) is 5.25. The van der Waals surface area contributed by atoms with E-state index in [9.17, 15) is 14.4 Å². The summed E-state index contributed by atoms with van der Waals surface area (Å²) in [6.07, 6.45) is 1.71.